The smallest absolute Gasteiger partial charge is 0.253 e. The predicted octanol–water partition coefficient (Wildman–Crippen LogP) is 4.71. The van der Waals surface area contributed by atoms with Crippen LogP contribution < -0.4 is 15.5 Å². The fourth-order valence-electron chi connectivity index (χ4n) is 3.91. The van der Waals surface area contributed by atoms with Gasteiger partial charge < -0.3 is 15.5 Å². The van der Waals surface area contributed by atoms with Gasteiger partial charge in [0.25, 0.3) is 5.91 Å². The van der Waals surface area contributed by atoms with Crippen molar-refractivity contribution in [3.63, 3.8) is 0 Å². The number of amides is 3. The molecule has 3 aromatic rings. The van der Waals surface area contributed by atoms with Crippen LogP contribution in [0.4, 0.5) is 15.8 Å². The number of para-hydroxylation sites is 1. The van der Waals surface area contributed by atoms with Crippen LogP contribution in [-0.4, -0.2) is 24.3 Å². The van der Waals surface area contributed by atoms with Gasteiger partial charge in [0, 0.05) is 30.2 Å². The van der Waals surface area contributed by atoms with E-state index in [1.165, 1.54) is 12.1 Å². The maximum absolute atomic E-state index is 13.1. The van der Waals surface area contributed by atoms with Crippen LogP contribution in [0.2, 0.25) is 5.02 Å². The molecule has 0 unspecified atom stereocenters. The van der Waals surface area contributed by atoms with Crippen molar-refractivity contribution in [2.45, 2.75) is 19.9 Å². The lowest BCUT2D eigenvalue weighted by atomic mass is 10.1. The lowest BCUT2D eigenvalue weighted by Crippen LogP contribution is -2.29. The highest BCUT2D eigenvalue weighted by Crippen LogP contribution is 2.32. The number of nitrogens with zero attached hydrogens (tertiary/aromatic N) is 1. The zero-order valence-electron chi connectivity index (χ0n) is 18.5. The molecule has 1 atom stereocenters. The average Bonchev–Trinajstić information content (AvgIpc) is 3.22. The topological polar surface area (TPSA) is 78.5 Å². The molecule has 174 valence electrons. The number of nitrogens with one attached hydrogen (secondary N) is 2. The monoisotopic (exact) mass is 479 g/mol. The first kappa shape index (κ1) is 23.4. The zero-order valence-corrected chi connectivity index (χ0v) is 19.2. The van der Waals surface area contributed by atoms with E-state index in [9.17, 15) is 18.8 Å². The van der Waals surface area contributed by atoms with Crippen LogP contribution >= 0.6 is 11.6 Å². The van der Waals surface area contributed by atoms with E-state index in [-0.39, 0.29) is 43.0 Å². The van der Waals surface area contributed by atoms with E-state index in [1.54, 1.807) is 59.5 Å². The molecule has 8 heteroatoms. The fraction of sp³-hybridized carbons (Fsp3) is 0.192. The highest BCUT2D eigenvalue weighted by molar-refractivity contribution is 6.31. The standard InChI is InChI=1S/C26H23ClFN3O3/c1-16-21(27)6-4-8-23(16)31-15-18(13-24(31)32)25(33)30-22-7-3-2-5-20(22)26(34)29-14-17-9-11-19(28)12-10-17/h2-12,18H,13-15H2,1H3,(H,29,34)(H,30,33)/t18-/m0/s1. The summed E-state index contributed by atoms with van der Waals surface area (Å²) < 4.78 is 13.1. The molecular weight excluding hydrogens is 457 g/mol. The Morgan fingerprint density at radius 3 is 2.56 bits per heavy atom. The third-order valence-corrected chi connectivity index (χ3v) is 6.23. The van der Waals surface area contributed by atoms with E-state index in [2.05, 4.69) is 10.6 Å². The number of carbonyl (C=O) groups excluding carboxylic acids is 3. The van der Waals surface area contributed by atoms with Gasteiger partial charge in [0.1, 0.15) is 5.82 Å². The first-order valence-electron chi connectivity index (χ1n) is 10.8. The van der Waals surface area contributed by atoms with Crippen molar-refractivity contribution in [3.8, 4) is 0 Å². The van der Waals surface area contributed by atoms with Crippen molar-refractivity contribution in [2.75, 3.05) is 16.8 Å². The Hall–Kier alpha value is -3.71. The number of hydrogen-bond donors (Lipinski definition) is 2. The van der Waals surface area contributed by atoms with E-state index >= 15 is 0 Å². The normalized spacial score (nSPS) is 15.3. The molecule has 0 saturated carbocycles. The summed E-state index contributed by atoms with van der Waals surface area (Å²) >= 11 is 6.19. The Labute approximate surface area is 201 Å². The van der Waals surface area contributed by atoms with Crippen LogP contribution in [0.15, 0.2) is 66.7 Å². The van der Waals surface area contributed by atoms with Gasteiger partial charge in [-0.15, -0.1) is 0 Å². The zero-order chi connectivity index (χ0) is 24.2. The number of benzene rings is 3. The molecule has 0 bridgehead atoms. The van der Waals surface area contributed by atoms with Crippen molar-refractivity contribution in [2.24, 2.45) is 5.92 Å². The van der Waals surface area contributed by atoms with Gasteiger partial charge in [-0.25, -0.2) is 4.39 Å². The molecule has 1 fully saturated rings. The highest BCUT2D eigenvalue weighted by Gasteiger charge is 2.36. The van der Waals surface area contributed by atoms with Crippen molar-refractivity contribution >= 4 is 40.7 Å². The lowest BCUT2D eigenvalue weighted by Gasteiger charge is -2.20. The number of hydrogen-bond acceptors (Lipinski definition) is 3. The fourth-order valence-corrected chi connectivity index (χ4v) is 4.08. The number of rotatable bonds is 6. The Morgan fingerprint density at radius 2 is 1.79 bits per heavy atom. The van der Waals surface area contributed by atoms with Gasteiger partial charge in [0.05, 0.1) is 17.2 Å². The third-order valence-electron chi connectivity index (χ3n) is 5.82. The van der Waals surface area contributed by atoms with E-state index in [0.29, 0.717) is 22.0 Å². The summed E-state index contributed by atoms with van der Waals surface area (Å²) in [6.45, 7) is 2.27. The molecule has 2 N–H and O–H groups in total. The summed E-state index contributed by atoms with van der Waals surface area (Å²) in [5, 5.41) is 6.14. The maximum Gasteiger partial charge on any atom is 0.253 e. The Morgan fingerprint density at radius 1 is 1.06 bits per heavy atom. The molecule has 4 rings (SSSR count). The predicted molar refractivity (Wildman–Crippen MR) is 129 cm³/mol. The summed E-state index contributed by atoms with van der Waals surface area (Å²) in [6.07, 6.45) is 0.0662. The van der Waals surface area contributed by atoms with Crippen molar-refractivity contribution in [3.05, 3.63) is 94.3 Å². The van der Waals surface area contributed by atoms with E-state index in [0.717, 1.165) is 11.1 Å². The van der Waals surface area contributed by atoms with Crippen LogP contribution in [0.3, 0.4) is 0 Å². The summed E-state index contributed by atoms with van der Waals surface area (Å²) in [5.41, 5.74) is 2.87. The lowest BCUT2D eigenvalue weighted by molar-refractivity contribution is -0.122. The minimum atomic E-state index is -0.568. The Balaban J connectivity index is 1.43. The van der Waals surface area contributed by atoms with E-state index < -0.39 is 5.92 Å². The minimum Gasteiger partial charge on any atom is -0.348 e. The molecule has 1 saturated heterocycles. The van der Waals surface area contributed by atoms with Crippen LogP contribution in [-0.2, 0) is 16.1 Å². The minimum absolute atomic E-state index is 0.0662. The number of anilines is 2. The van der Waals surface area contributed by atoms with Gasteiger partial charge in [0.15, 0.2) is 0 Å². The van der Waals surface area contributed by atoms with E-state index in [4.69, 9.17) is 11.6 Å². The quantitative estimate of drug-likeness (QED) is 0.537. The van der Waals surface area contributed by atoms with Crippen molar-refractivity contribution in [1.29, 1.82) is 0 Å². The summed E-state index contributed by atoms with van der Waals surface area (Å²) in [7, 11) is 0. The van der Waals surface area contributed by atoms with Crippen LogP contribution in [0.1, 0.15) is 27.9 Å². The van der Waals surface area contributed by atoms with Gasteiger partial charge in [0.2, 0.25) is 11.8 Å². The third kappa shape index (κ3) is 5.10. The second-order valence-electron chi connectivity index (χ2n) is 8.13. The Kier molecular flexibility index (Phi) is 6.93. The SMILES string of the molecule is Cc1c(Cl)cccc1N1C[C@@H](C(=O)Nc2ccccc2C(=O)NCc2ccc(F)cc2)CC1=O. The first-order valence-corrected chi connectivity index (χ1v) is 11.2. The molecule has 34 heavy (non-hydrogen) atoms. The molecular formula is C26H23ClFN3O3. The van der Waals surface area contributed by atoms with Gasteiger partial charge in [-0.3, -0.25) is 14.4 Å². The van der Waals surface area contributed by atoms with Crippen LogP contribution in [0.5, 0.6) is 0 Å². The van der Waals surface area contributed by atoms with Crippen molar-refractivity contribution in [1.82, 2.24) is 5.32 Å². The largest absolute Gasteiger partial charge is 0.348 e. The molecule has 1 heterocycles. The van der Waals surface area contributed by atoms with E-state index in [1.807, 2.05) is 6.92 Å². The molecule has 3 amide bonds. The van der Waals surface area contributed by atoms with Gasteiger partial charge in [-0.05, 0) is 54.4 Å². The summed E-state index contributed by atoms with van der Waals surface area (Å²) in [4.78, 5) is 40.0. The van der Waals surface area contributed by atoms with Crippen molar-refractivity contribution < 1.29 is 18.8 Å². The number of carbonyl (C=O) groups is 3. The average molecular weight is 480 g/mol. The molecule has 0 aliphatic carbocycles. The van der Waals surface area contributed by atoms with Crippen LogP contribution in [0.25, 0.3) is 0 Å². The highest BCUT2D eigenvalue weighted by atomic mass is 35.5. The maximum atomic E-state index is 13.1. The van der Waals surface area contributed by atoms with Gasteiger partial charge in [-0.1, -0.05) is 41.9 Å². The van der Waals surface area contributed by atoms with Crippen LogP contribution in [0, 0.1) is 18.7 Å². The summed E-state index contributed by atoms with van der Waals surface area (Å²) in [5.74, 6) is -1.79. The molecule has 0 radical (unpaired) electrons. The molecule has 6 nitrogen and oxygen atoms in total. The van der Waals surface area contributed by atoms with Gasteiger partial charge in [-0.2, -0.15) is 0 Å². The van der Waals surface area contributed by atoms with Gasteiger partial charge >= 0.3 is 0 Å². The molecule has 0 spiro atoms. The molecule has 1 aliphatic heterocycles. The summed E-state index contributed by atoms with van der Waals surface area (Å²) in [6, 6.07) is 17.8. The molecule has 3 aromatic carbocycles. The molecule has 0 aromatic heterocycles. The number of halogens is 2. The second kappa shape index (κ2) is 10.1. The first-order chi connectivity index (χ1) is 16.3. The molecule has 1 aliphatic rings. The Bertz CT molecular complexity index is 1250. The second-order valence-corrected chi connectivity index (χ2v) is 8.54.